The lowest BCUT2D eigenvalue weighted by molar-refractivity contribution is -0.0376. The smallest absolute Gasteiger partial charge is 0.324 e. The van der Waals surface area contributed by atoms with E-state index >= 15 is 0 Å². The van der Waals surface area contributed by atoms with Gasteiger partial charge in [0.1, 0.15) is 24.0 Å². The fraction of sp³-hybridized carbons (Fsp3) is 0.279. The standard InChI is InChI=1S/C43H47N9O5/c1-28-15-17-30(18-16-28)52-36(25-35(50-52)43(2,3)4)46-42(54)45-33-19-20-34(32-14-10-9-13-31(32)33)57-37-21-22-44-41(48-37)49-39-27-51(23-24-56-39)26-38(55-5)47-40(53)29-11-7-6-8-12-29/h6-22,25,38-39H,23-24,26-27H2,1-5H3,(H,47,53)(H,44,48,49)(H2,45,46,54). The predicted molar refractivity (Wildman–Crippen MR) is 220 cm³/mol. The molecule has 4 N–H and O–H groups in total. The Hall–Kier alpha value is -6.35. The molecule has 1 aliphatic heterocycles. The van der Waals surface area contributed by atoms with Crippen LogP contribution in [0, 0.1) is 6.92 Å². The normalized spacial score (nSPS) is 15.1. The third kappa shape index (κ3) is 9.73. The molecule has 4 aromatic carbocycles. The molecule has 2 atom stereocenters. The maximum Gasteiger partial charge on any atom is 0.324 e. The van der Waals surface area contributed by atoms with Crippen LogP contribution in [0.5, 0.6) is 11.6 Å². The SMILES string of the molecule is COC(CN1CCOC(Nc2nccc(Oc3ccc(NC(=O)Nc4cc(C(C)(C)C)nn4-c4ccc(C)cc4)c4ccccc34)n2)C1)NC(=O)c1ccccc1. The van der Waals surface area contributed by atoms with E-state index in [1.54, 1.807) is 48.3 Å². The fourth-order valence-corrected chi connectivity index (χ4v) is 6.37. The van der Waals surface area contributed by atoms with Crippen LogP contribution in [0.2, 0.25) is 0 Å². The lowest BCUT2D eigenvalue weighted by Crippen LogP contribution is -2.52. The van der Waals surface area contributed by atoms with Gasteiger partial charge in [-0.05, 0) is 43.3 Å². The average Bonchev–Trinajstić information content (AvgIpc) is 3.64. The minimum absolute atomic E-state index is 0.201. The summed E-state index contributed by atoms with van der Waals surface area (Å²) in [5, 5.41) is 18.6. The van der Waals surface area contributed by atoms with Crippen LogP contribution >= 0.6 is 0 Å². The quantitative estimate of drug-likeness (QED) is 0.0930. The van der Waals surface area contributed by atoms with Crippen molar-refractivity contribution in [1.82, 2.24) is 30.0 Å². The highest BCUT2D eigenvalue weighted by atomic mass is 16.5. The number of rotatable bonds is 12. The fourth-order valence-electron chi connectivity index (χ4n) is 6.37. The van der Waals surface area contributed by atoms with Crippen LogP contribution in [0.1, 0.15) is 42.4 Å². The zero-order chi connectivity index (χ0) is 39.9. The number of carbonyl (C=O) groups is 2. The van der Waals surface area contributed by atoms with Gasteiger partial charge in [-0.1, -0.05) is 80.9 Å². The Morgan fingerprint density at radius 2 is 1.68 bits per heavy atom. The van der Waals surface area contributed by atoms with E-state index < -0.39 is 18.5 Å². The van der Waals surface area contributed by atoms with Crippen molar-refractivity contribution in [3.05, 3.63) is 126 Å². The topological polar surface area (TPSA) is 157 Å². The van der Waals surface area contributed by atoms with E-state index in [0.29, 0.717) is 60.9 Å². The number of aryl methyl sites for hydroxylation is 1. The number of nitrogens with zero attached hydrogens (tertiary/aromatic N) is 5. The van der Waals surface area contributed by atoms with Crippen LogP contribution in [0.3, 0.4) is 0 Å². The second-order valence-electron chi connectivity index (χ2n) is 14.8. The molecule has 0 saturated carbocycles. The minimum atomic E-state index is -0.509. The van der Waals surface area contributed by atoms with Crippen molar-refractivity contribution in [3.63, 3.8) is 0 Å². The van der Waals surface area contributed by atoms with E-state index in [4.69, 9.17) is 19.3 Å². The summed E-state index contributed by atoms with van der Waals surface area (Å²) in [6.45, 7) is 10.4. The third-order valence-electron chi connectivity index (χ3n) is 9.45. The summed E-state index contributed by atoms with van der Waals surface area (Å²) < 4.78 is 19.6. The Bertz CT molecular complexity index is 2330. The molecule has 7 rings (SSSR count). The van der Waals surface area contributed by atoms with Crippen molar-refractivity contribution in [1.29, 1.82) is 0 Å². The number of morpholine rings is 1. The first-order chi connectivity index (χ1) is 27.5. The van der Waals surface area contributed by atoms with Crippen molar-refractivity contribution in [3.8, 4) is 17.3 Å². The van der Waals surface area contributed by atoms with Crippen LogP contribution < -0.4 is 26.0 Å². The van der Waals surface area contributed by atoms with Gasteiger partial charge in [-0.25, -0.2) is 14.5 Å². The van der Waals surface area contributed by atoms with Crippen LogP contribution in [-0.4, -0.2) is 82.4 Å². The average molecular weight is 770 g/mol. The van der Waals surface area contributed by atoms with E-state index in [-0.39, 0.29) is 11.3 Å². The predicted octanol–water partition coefficient (Wildman–Crippen LogP) is 7.33. The van der Waals surface area contributed by atoms with Gasteiger partial charge >= 0.3 is 6.03 Å². The molecule has 14 heteroatoms. The van der Waals surface area contributed by atoms with Crippen LogP contribution in [0.25, 0.3) is 16.5 Å². The Morgan fingerprint density at radius 1 is 0.930 bits per heavy atom. The largest absolute Gasteiger partial charge is 0.438 e. The molecule has 1 saturated heterocycles. The highest BCUT2D eigenvalue weighted by Crippen LogP contribution is 2.34. The summed E-state index contributed by atoms with van der Waals surface area (Å²) >= 11 is 0. The number of nitrogens with one attached hydrogen (secondary N) is 4. The molecule has 0 aliphatic carbocycles. The monoisotopic (exact) mass is 769 g/mol. The number of methoxy groups -OCH3 is 1. The molecule has 0 radical (unpaired) electrons. The molecule has 0 bridgehead atoms. The third-order valence-corrected chi connectivity index (χ3v) is 9.45. The lowest BCUT2D eigenvalue weighted by Gasteiger charge is -2.35. The number of urea groups is 1. The van der Waals surface area contributed by atoms with Gasteiger partial charge in [-0.2, -0.15) is 10.1 Å². The summed E-state index contributed by atoms with van der Waals surface area (Å²) in [6.07, 6.45) is 0.690. The Labute approximate surface area is 331 Å². The highest BCUT2D eigenvalue weighted by Gasteiger charge is 2.25. The molecule has 294 valence electrons. The molecule has 1 fully saturated rings. The van der Waals surface area contributed by atoms with Gasteiger partial charge < -0.3 is 30.2 Å². The van der Waals surface area contributed by atoms with E-state index in [9.17, 15) is 9.59 Å². The molecule has 0 spiro atoms. The number of carbonyl (C=O) groups excluding carboxylic acids is 2. The molecule has 3 heterocycles. The molecule has 14 nitrogen and oxygen atoms in total. The van der Waals surface area contributed by atoms with Gasteiger partial charge in [-0.15, -0.1) is 0 Å². The molecular weight excluding hydrogens is 723 g/mol. The van der Waals surface area contributed by atoms with E-state index in [1.165, 1.54) is 0 Å². The zero-order valence-electron chi connectivity index (χ0n) is 32.7. The van der Waals surface area contributed by atoms with Crippen molar-refractivity contribution in [2.75, 3.05) is 49.3 Å². The minimum Gasteiger partial charge on any atom is -0.438 e. The van der Waals surface area contributed by atoms with Crippen LogP contribution in [-0.2, 0) is 14.9 Å². The Balaban J connectivity index is 1.00. The molecule has 57 heavy (non-hydrogen) atoms. The van der Waals surface area contributed by atoms with Crippen molar-refractivity contribution < 1.29 is 23.8 Å². The number of hydrogen-bond acceptors (Lipinski definition) is 10. The van der Waals surface area contributed by atoms with Crippen molar-refractivity contribution in [2.24, 2.45) is 0 Å². The highest BCUT2D eigenvalue weighted by molar-refractivity contribution is 6.07. The van der Waals surface area contributed by atoms with Gasteiger partial charge in [0.05, 0.1) is 23.7 Å². The number of benzene rings is 4. The number of aromatic nitrogens is 4. The summed E-state index contributed by atoms with van der Waals surface area (Å²) in [5.74, 6) is 1.56. The number of hydrogen-bond donors (Lipinski definition) is 4. The van der Waals surface area contributed by atoms with Crippen molar-refractivity contribution in [2.45, 2.75) is 45.6 Å². The maximum atomic E-state index is 13.5. The van der Waals surface area contributed by atoms with Gasteiger partial charge in [0.2, 0.25) is 11.8 Å². The lowest BCUT2D eigenvalue weighted by atomic mass is 9.92. The molecule has 3 amide bonds. The number of ether oxygens (including phenoxy) is 3. The summed E-state index contributed by atoms with van der Waals surface area (Å²) in [6, 6.07) is 31.5. The second-order valence-corrected chi connectivity index (χ2v) is 14.8. The Kier molecular flexibility index (Phi) is 11.7. The van der Waals surface area contributed by atoms with Gasteiger partial charge in [-0.3, -0.25) is 15.0 Å². The van der Waals surface area contributed by atoms with Crippen LogP contribution in [0.4, 0.5) is 22.2 Å². The summed E-state index contributed by atoms with van der Waals surface area (Å²) in [4.78, 5) is 37.4. The summed E-state index contributed by atoms with van der Waals surface area (Å²) in [7, 11) is 1.57. The van der Waals surface area contributed by atoms with E-state index in [0.717, 1.165) is 27.7 Å². The molecular formula is C43H47N9O5. The number of fused-ring (bicyclic) bond motifs is 1. The first kappa shape index (κ1) is 38.9. The van der Waals surface area contributed by atoms with Gasteiger partial charge in [0.15, 0.2) is 0 Å². The second kappa shape index (κ2) is 17.2. The van der Waals surface area contributed by atoms with Crippen LogP contribution in [0.15, 0.2) is 109 Å². The summed E-state index contributed by atoms with van der Waals surface area (Å²) in [5.41, 5.74) is 3.77. The zero-order valence-corrected chi connectivity index (χ0v) is 32.7. The Morgan fingerprint density at radius 3 is 2.44 bits per heavy atom. The molecule has 2 unspecified atom stereocenters. The molecule has 2 aromatic heterocycles. The number of amides is 3. The molecule has 6 aromatic rings. The first-order valence-corrected chi connectivity index (χ1v) is 18.8. The molecule has 1 aliphatic rings. The maximum absolute atomic E-state index is 13.5. The van der Waals surface area contributed by atoms with Crippen molar-refractivity contribution >= 4 is 40.2 Å². The van der Waals surface area contributed by atoms with Gasteiger partial charge in [0, 0.05) is 66.8 Å². The van der Waals surface area contributed by atoms with E-state index in [2.05, 4.69) is 56.9 Å². The van der Waals surface area contributed by atoms with Gasteiger partial charge in [0.25, 0.3) is 5.91 Å². The number of anilines is 3. The van der Waals surface area contributed by atoms with E-state index in [1.807, 2.05) is 79.7 Å². The first-order valence-electron chi connectivity index (χ1n) is 18.8.